The van der Waals surface area contributed by atoms with Gasteiger partial charge in [0.05, 0.1) is 12.3 Å². The topological polar surface area (TPSA) is 25.2 Å². The van der Waals surface area contributed by atoms with Gasteiger partial charge in [-0.25, -0.2) is 0 Å². The first-order valence-corrected chi connectivity index (χ1v) is 7.09. The lowest BCUT2D eigenvalue weighted by atomic mass is 9.75. The maximum Gasteiger partial charge on any atom is 0.121 e. The quantitative estimate of drug-likeness (QED) is 0.795. The highest BCUT2D eigenvalue weighted by Gasteiger charge is 2.41. The van der Waals surface area contributed by atoms with E-state index in [9.17, 15) is 0 Å². The minimum Gasteiger partial charge on any atom is -0.468 e. The van der Waals surface area contributed by atoms with Crippen LogP contribution in [0.1, 0.15) is 64.2 Å². The van der Waals surface area contributed by atoms with Gasteiger partial charge in [-0.2, -0.15) is 0 Å². The Balaban J connectivity index is 2.19. The summed E-state index contributed by atoms with van der Waals surface area (Å²) in [4.78, 5) is 0. The van der Waals surface area contributed by atoms with E-state index < -0.39 is 0 Å². The third-order valence-electron chi connectivity index (χ3n) is 4.34. The van der Waals surface area contributed by atoms with Crippen LogP contribution >= 0.6 is 0 Å². The van der Waals surface area contributed by atoms with Crippen LogP contribution in [0.4, 0.5) is 0 Å². The number of hydrogen-bond acceptors (Lipinski definition) is 2. The first-order valence-electron chi connectivity index (χ1n) is 7.09. The van der Waals surface area contributed by atoms with E-state index in [-0.39, 0.29) is 0 Å². The van der Waals surface area contributed by atoms with Gasteiger partial charge in [0, 0.05) is 0 Å². The van der Waals surface area contributed by atoms with E-state index in [0.29, 0.717) is 11.5 Å². The number of nitrogens with one attached hydrogen (secondary N) is 1. The van der Waals surface area contributed by atoms with Gasteiger partial charge in [0.25, 0.3) is 0 Å². The van der Waals surface area contributed by atoms with Crippen LogP contribution in [0.15, 0.2) is 22.8 Å². The third-order valence-corrected chi connectivity index (χ3v) is 4.34. The van der Waals surface area contributed by atoms with Gasteiger partial charge in [0.15, 0.2) is 0 Å². The van der Waals surface area contributed by atoms with Crippen LogP contribution in [0.25, 0.3) is 0 Å². The van der Waals surface area contributed by atoms with Crippen LogP contribution in [0.3, 0.4) is 0 Å². The highest BCUT2D eigenvalue weighted by Crippen LogP contribution is 2.50. The molecule has 0 amide bonds. The van der Waals surface area contributed by atoms with Crippen LogP contribution in [0.2, 0.25) is 0 Å². The van der Waals surface area contributed by atoms with Crippen LogP contribution in [-0.4, -0.2) is 6.54 Å². The second-order valence-corrected chi connectivity index (χ2v) is 5.33. The van der Waals surface area contributed by atoms with Crippen molar-refractivity contribution in [1.82, 2.24) is 5.32 Å². The van der Waals surface area contributed by atoms with Crippen molar-refractivity contribution in [3.05, 3.63) is 24.2 Å². The molecule has 2 rings (SSSR count). The predicted octanol–water partition coefficient (Wildman–Crippen LogP) is 4.29. The van der Waals surface area contributed by atoms with Gasteiger partial charge in [-0.05, 0) is 49.8 Å². The van der Waals surface area contributed by atoms with E-state index in [2.05, 4.69) is 25.2 Å². The fourth-order valence-corrected chi connectivity index (χ4v) is 3.29. The molecule has 2 nitrogen and oxygen atoms in total. The van der Waals surface area contributed by atoms with Gasteiger partial charge >= 0.3 is 0 Å². The third kappa shape index (κ3) is 2.57. The van der Waals surface area contributed by atoms with Gasteiger partial charge < -0.3 is 9.73 Å². The molecule has 0 bridgehead atoms. The molecule has 1 aromatic rings. The van der Waals surface area contributed by atoms with Crippen molar-refractivity contribution in [3.8, 4) is 0 Å². The number of furan rings is 1. The zero-order chi connectivity index (χ0) is 12.1. The standard InChI is InChI=1S/C15H25NO/c1-3-11-16-14(13-8-7-12-17-13)15(4-2)9-5-6-10-15/h7-8,12,14,16H,3-6,9-11H2,1-2H3. The SMILES string of the molecule is CCCNC(c1ccco1)C1(CC)CCCC1. The Morgan fingerprint density at radius 2 is 2.12 bits per heavy atom. The fourth-order valence-electron chi connectivity index (χ4n) is 3.29. The van der Waals surface area contributed by atoms with Crippen molar-refractivity contribution >= 4 is 0 Å². The van der Waals surface area contributed by atoms with Crippen molar-refractivity contribution in [2.75, 3.05) is 6.54 Å². The highest BCUT2D eigenvalue weighted by atomic mass is 16.3. The summed E-state index contributed by atoms with van der Waals surface area (Å²) in [6, 6.07) is 4.54. The summed E-state index contributed by atoms with van der Waals surface area (Å²) in [5.41, 5.74) is 0.424. The van der Waals surface area contributed by atoms with Crippen molar-refractivity contribution < 1.29 is 4.42 Å². The Morgan fingerprint density at radius 1 is 1.35 bits per heavy atom. The summed E-state index contributed by atoms with van der Waals surface area (Å²) in [6.45, 7) is 5.63. The minimum atomic E-state index is 0.407. The van der Waals surface area contributed by atoms with E-state index in [1.54, 1.807) is 6.26 Å². The highest BCUT2D eigenvalue weighted by molar-refractivity contribution is 5.11. The Bertz CT molecular complexity index is 312. The summed E-state index contributed by atoms with van der Waals surface area (Å²) in [6.07, 6.45) is 9.65. The molecule has 2 heteroatoms. The van der Waals surface area contributed by atoms with Crippen LogP contribution < -0.4 is 5.32 Å². The minimum absolute atomic E-state index is 0.407. The second-order valence-electron chi connectivity index (χ2n) is 5.33. The van der Waals surface area contributed by atoms with E-state index in [1.807, 2.05) is 6.07 Å². The molecule has 0 saturated heterocycles. The molecule has 0 radical (unpaired) electrons. The summed E-state index contributed by atoms with van der Waals surface area (Å²) < 4.78 is 5.67. The maximum absolute atomic E-state index is 5.67. The zero-order valence-corrected chi connectivity index (χ0v) is 11.2. The molecule has 0 spiro atoms. The number of hydrogen-bond donors (Lipinski definition) is 1. The summed E-state index contributed by atoms with van der Waals surface area (Å²) >= 11 is 0. The molecule has 96 valence electrons. The van der Waals surface area contributed by atoms with Crippen LogP contribution in [0.5, 0.6) is 0 Å². The molecule has 1 unspecified atom stereocenters. The van der Waals surface area contributed by atoms with E-state index in [0.717, 1.165) is 12.3 Å². The summed E-state index contributed by atoms with van der Waals surface area (Å²) in [7, 11) is 0. The maximum atomic E-state index is 5.67. The Hall–Kier alpha value is -0.760. The molecule has 1 aliphatic carbocycles. The van der Waals surface area contributed by atoms with Gasteiger partial charge in [0.1, 0.15) is 5.76 Å². The average Bonchev–Trinajstić information content (AvgIpc) is 3.01. The van der Waals surface area contributed by atoms with E-state index in [1.165, 1.54) is 38.5 Å². The number of rotatable bonds is 6. The predicted molar refractivity (Wildman–Crippen MR) is 70.9 cm³/mol. The molecule has 1 N–H and O–H groups in total. The summed E-state index contributed by atoms with van der Waals surface area (Å²) in [5.74, 6) is 1.13. The lowest BCUT2D eigenvalue weighted by molar-refractivity contribution is 0.165. The average molecular weight is 235 g/mol. The lowest BCUT2D eigenvalue weighted by Crippen LogP contribution is -2.36. The van der Waals surface area contributed by atoms with Gasteiger partial charge in [0.2, 0.25) is 0 Å². The fraction of sp³-hybridized carbons (Fsp3) is 0.733. The Morgan fingerprint density at radius 3 is 2.65 bits per heavy atom. The molecular formula is C15H25NO. The monoisotopic (exact) mass is 235 g/mol. The molecule has 0 aromatic carbocycles. The zero-order valence-electron chi connectivity index (χ0n) is 11.2. The van der Waals surface area contributed by atoms with E-state index in [4.69, 9.17) is 4.42 Å². The first kappa shape index (κ1) is 12.7. The smallest absolute Gasteiger partial charge is 0.121 e. The first-order chi connectivity index (χ1) is 8.32. The molecule has 17 heavy (non-hydrogen) atoms. The van der Waals surface area contributed by atoms with Crippen molar-refractivity contribution in [1.29, 1.82) is 0 Å². The molecule has 1 fully saturated rings. The van der Waals surface area contributed by atoms with Gasteiger partial charge in [-0.15, -0.1) is 0 Å². The van der Waals surface area contributed by atoms with Gasteiger partial charge in [-0.1, -0.05) is 26.7 Å². The molecule has 1 aliphatic rings. The largest absolute Gasteiger partial charge is 0.468 e. The van der Waals surface area contributed by atoms with E-state index >= 15 is 0 Å². The Labute approximate surface area is 105 Å². The lowest BCUT2D eigenvalue weighted by Gasteiger charge is -2.36. The van der Waals surface area contributed by atoms with Crippen LogP contribution in [0, 0.1) is 5.41 Å². The van der Waals surface area contributed by atoms with Crippen molar-refractivity contribution in [2.24, 2.45) is 5.41 Å². The van der Waals surface area contributed by atoms with Crippen LogP contribution in [-0.2, 0) is 0 Å². The molecule has 1 aromatic heterocycles. The summed E-state index contributed by atoms with van der Waals surface area (Å²) in [5, 5.41) is 3.71. The molecule has 1 saturated carbocycles. The molecule has 1 atom stereocenters. The van der Waals surface area contributed by atoms with Crippen molar-refractivity contribution in [3.63, 3.8) is 0 Å². The normalized spacial score (nSPS) is 20.6. The molecule has 1 heterocycles. The van der Waals surface area contributed by atoms with Gasteiger partial charge in [-0.3, -0.25) is 0 Å². The van der Waals surface area contributed by atoms with Crippen molar-refractivity contribution in [2.45, 2.75) is 58.4 Å². The Kier molecular flexibility index (Phi) is 4.27. The molecule has 0 aliphatic heterocycles. The second kappa shape index (κ2) is 5.72. The molecular weight excluding hydrogens is 210 g/mol.